The molecule has 3 rings (SSSR count). The molecule has 2 aromatic carbocycles. The molecule has 2 unspecified atom stereocenters. The molecule has 0 bridgehead atoms. The van der Waals surface area contributed by atoms with Gasteiger partial charge in [0.15, 0.2) is 5.78 Å². The third-order valence-electron chi connectivity index (χ3n) is 4.96. The maximum atomic E-state index is 12.8. The van der Waals surface area contributed by atoms with E-state index in [0.29, 0.717) is 28.5 Å². The molecule has 1 fully saturated rings. The van der Waals surface area contributed by atoms with Gasteiger partial charge >= 0.3 is 0 Å². The van der Waals surface area contributed by atoms with Gasteiger partial charge in [0.25, 0.3) is 0 Å². The zero-order valence-electron chi connectivity index (χ0n) is 13.9. The van der Waals surface area contributed by atoms with E-state index in [1.807, 2.05) is 36.4 Å². The van der Waals surface area contributed by atoms with Crippen LogP contribution >= 0.6 is 23.2 Å². The van der Waals surface area contributed by atoms with Crippen molar-refractivity contribution in [3.05, 3.63) is 69.7 Å². The second-order valence-corrected chi connectivity index (χ2v) is 7.41. The molecule has 130 valence electrons. The van der Waals surface area contributed by atoms with Gasteiger partial charge in [-0.05, 0) is 30.5 Å². The highest BCUT2D eigenvalue weighted by molar-refractivity contribution is 6.42. The molecular formula is C21H20Cl2O2. The number of ketones is 2. The summed E-state index contributed by atoms with van der Waals surface area (Å²) in [5, 5.41) is 0.938. The Morgan fingerprint density at radius 2 is 1.80 bits per heavy atom. The Kier molecular flexibility index (Phi) is 5.93. The van der Waals surface area contributed by atoms with Gasteiger partial charge in [-0.15, -0.1) is 0 Å². The zero-order chi connectivity index (χ0) is 17.8. The van der Waals surface area contributed by atoms with Gasteiger partial charge in [-0.3, -0.25) is 9.59 Å². The molecule has 2 atom stereocenters. The van der Waals surface area contributed by atoms with Crippen molar-refractivity contribution in [2.24, 2.45) is 5.92 Å². The molecule has 0 amide bonds. The molecule has 1 aliphatic carbocycles. The van der Waals surface area contributed by atoms with Crippen molar-refractivity contribution in [2.75, 3.05) is 0 Å². The number of carbonyl (C=O) groups is 2. The van der Waals surface area contributed by atoms with Crippen molar-refractivity contribution >= 4 is 34.8 Å². The number of halogens is 2. The highest BCUT2D eigenvalue weighted by Crippen LogP contribution is 2.39. The second-order valence-electron chi connectivity index (χ2n) is 6.59. The summed E-state index contributed by atoms with van der Waals surface area (Å²) in [4.78, 5) is 25.3. The largest absolute Gasteiger partial charge is 0.299 e. The molecule has 0 radical (unpaired) electrons. The Morgan fingerprint density at radius 3 is 2.48 bits per heavy atom. The lowest BCUT2D eigenvalue weighted by molar-refractivity contribution is -0.125. The van der Waals surface area contributed by atoms with E-state index in [4.69, 9.17) is 23.2 Å². The summed E-state index contributed by atoms with van der Waals surface area (Å²) in [5.41, 5.74) is 1.59. The van der Waals surface area contributed by atoms with Crippen LogP contribution in [0, 0.1) is 5.92 Å². The number of hydrogen-bond acceptors (Lipinski definition) is 2. The number of carbonyl (C=O) groups excluding carboxylic acids is 2. The van der Waals surface area contributed by atoms with Crippen LogP contribution in [-0.2, 0) is 4.79 Å². The minimum Gasteiger partial charge on any atom is -0.299 e. The molecule has 1 saturated carbocycles. The summed E-state index contributed by atoms with van der Waals surface area (Å²) in [7, 11) is 0. The van der Waals surface area contributed by atoms with Crippen LogP contribution in [0.15, 0.2) is 48.5 Å². The topological polar surface area (TPSA) is 34.1 Å². The zero-order valence-corrected chi connectivity index (χ0v) is 15.4. The van der Waals surface area contributed by atoms with Crippen molar-refractivity contribution < 1.29 is 9.59 Å². The molecule has 1 aliphatic rings. The number of Topliss-reactive ketones (excluding diaryl/α,β-unsaturated/α-hetero) is 2. The number of hydrogen-bond donors (Lipinski definition) is 0. The monoisotopic (exact) mass is 374 g/mol. The van der Waals surface area contributed by atoms with Crippen LogP contribution in [0.2, 0.25) is 10.0 Å². The van der Waals surface area contributed by atoms with Crippen LogP contribution < -0.4 is 0 Å². The smallest absolute Gasteiger partial charge is 0.163 e. The van der Waals surface area contributed by atoms with Crippen LogP contribution in [0.25, 0.3) is 0 Å². The summed E-state index contributed by atoms with van der Waals surface area (Å²) in [6.45, 7) is 0. The second kappa shape index (κ2) is 8.16. The molecule has 0 aromatic heterocycles. The minimum absolute atomic E-state index is 0.0510. The first-order chi connectivity index (χ1) is 12.1. The Bertz CT molecular complexity index is 771. The molecule has 4 heteroatoms. The summed E-state index contributed by atoms with van der Waals surface area (Å²) in [5.74, 6) is 0.0205. The quantitative estimate of drug-likeness (QED) is 0.591. The van der Waals surface area contributed by atoms with Gasteiger partial charge in [0.1, 0.15) is 5.78 Å². The first kappa shape index (κ1) is 18.2. The molecule has 2 aromatic rings. The van der Waals surface area contributed by atoms with E-state index in [9.17, 15) is 9.59 Å². The van der Waals surface area contributed by atoms with Crippen molar-refractivity contribution in [3.8, 4) is 0 Å². The maximum absolute atomic E-state index is 12.8. The Hall–Kier alpha value is -1.64. The standard InChI is InChI=1S/C21H20Cl2O2/c22-18-11-10-15(12-19(18)23)17(16-8-4-5-9-20(16)24)13-21(25)14-6-2-1-3-7-14/h1-3,6-7,10-12,16-17H,4-5,8-9,13H2. The SMILES string of the molecule is O=C(CC(c1ccc(Cl)c(Cl)c1)C1CCCCC1=O)c1ccccc1. The van der Waals surface area contributed by atoms with Gasteiger partial charge in [0, 0.05) is 30.2 Å². The lowest BCUT2D eigenvalue weighted by Crippen LogP contribution is -2.27. The van der Waals surface area contributed by atoms with Gasteiger partial charge in [0.05, 0.1) is 10.0 Å². The van der Waals surface area contributed by atoms with E-state index in [0.717, 1.165) is 24.8 Å². The van der Waals surface area contributed by atoms with E-state index >= 15 is 0 Å². The van der Waals surface area contributed by atoms with Crippen LogP contribution in [0.1, 0.15) is 53.9 Å². The van der Waals surface area contributed by atoms with Crippen molar-refractivity contribution in [2.45, 2.75) is 38.0 Å². The van der Waals surface area contributed by atoms with Crippen LogP contribution in [-0.4, -0.2) is 11.6 Å². The lowest BCUT2D eigenvalue weighted by Gasteiger charge is -2.29. The molecule has 0 saturated heterocycles. The molecule has 0 N–H and O–H groups in total. The van der Waals surface area contributed by atoms with Crippen LogP contribution in [0.3, 0.4) is 0 Å². The van der Waals surface area contributed by atoms with Crippen molar-refractivity contribution in [3.63, 3.8) is 0 Å². The average Bonchev–Trinajstić information content (AvgIpc) is 2.63. The Labute approximate surface area is 158 Å². The van der Waals surface area contributed by atoms with E-state index in [1.54, 1.807) is 12.1 Å². The molecule has 0 aliphatic heterocycles. The average molecular weight is 375 g/mol. The highest BCUT2D eigenvalue weighted by atomic mass is 35.5. The fourth-order valence-corrected chi connectivity index (χ4v) is 3.92. The third kappa shape index (κ3) is 4.31. The van der Waals surface area contributed by atoms with E-state index in [2.05, 4.69) is 0 Å². The van der Waals surface area contributed by atoms with E-state index < -0.39 is 0 Å². The van der Waals surface area contributed by atoms with Gasteiger partial charge in [-0.2, -0.15) is 0 Å². The molecular weight excluding hydrogens is 355 g/mol. The predicted octanol–water partition coefficient (Wildman–Crippen LogP) is 6.11. The number of rotatable bonds is 5. The minimum atomic E-state index is -0.157. The first-order valence-corrected chi connectivity index (χ1v) is 9.38. The molecule has 25 heavy (non-hydrogen) atoms. The van der Waals surface area contributed by atoms with Crippen LogP contribution in [0.4, 0.5) is 0 Å². The third-order valence-corrected chi connectivity index (χ3v) is 5.70. The summed E-state index contributed by atoms with van der Waals surface area (Å²) >= 11 is 12.2. The summed E-state index contributed by atoms with van der Waals surface area (Å²) in [6, 6.07) is 14.7. The van der Waals surface area contributed by atoms with Gasteiger partial charge in [0.2, 0.25) is 0 Å². The fraction of sp³-hybridized carbons (Fsp3) is 0.333. The molecule has 0 heterocycles. The fourth-order valence-electron chi connectivity index (χ4n) is 3.61. The van der Waals surface area contributed by atoms with E-state index in [-0.39, 0.29) is 23.4 Å². The Morgan fingerprint density at radius 1 is 1.04 bits per heavy atom. The summed E-state index contributed by atoms with van der Waals surface area (Å²) in [6.07, 6.45) is 3.69. The lowest BCUT2D eigenvalue weighted by atomic mass is 9.73. The number of benzene rings is 2. The highest BCUT2D eigenvalue weighted by Gasteiger charge is 2.33. The predicted molar refractivity (Wildman–Crippen MR) is 102 cm³/mol. The van der Waals surface area contributed by atoms with Crippen molar-refractivity contribution in [1.82, 2.24) is 0 Å². The van der Waals surface area contributed by atoms with Gasteiger partial charge in [-0.25, -0.2) is 0 Å². The first-order valence-electron chi connectivity index (χ1n) is 8.62. The maximum Gasteiger partial charge on any atom is 0.163 e. The van der Waals surface area contributed by atoms with Gasteiger partial charge in [-0.1, -0.05) is 66.0 Å². The Balaban J connectivity index is 1.92. The molecule has 0 spiro atoms. The van der Waals surface area contributed by atoms with Crippen LogP contribution in [0.5, 0.6) is 0 Å². The normalized spacial score (nSPS) is 18.8. The molecule has 2 nitrogen and oxygen atoms in total. The van der Waals surface area contributed by atoms with Crippen molar-refractivity contribution in [1.29, 1.82) is 0 Å². The van der Waals surface area contributed by atoms with E-state index in [1.165, 1.54) is 0 Å². The summed E-state index contributed by atoms with van der Waals surface area (Å²) < 4.78 is 0. The van der Waals surface area contributed by atoms with Gasteiger partial charge < -0.3 is 0 Å².